The van der Waals surface area contributed by atoms with E-state index in [0.29, 0.717) is 22.3 Å². The van der Waals surface area contributed by atoms with E-state index in [1.165, 1.54) is 0 Å². The number of fused-ring (bicyclic) bond motifs is 1. The summed E-state index contributed by atoms with van der Waals surface area (Å²) in [6.07, 6.45) is 1.99. The van der Waals surface area contributed by atoms with Crippen molar-refractivity contribution in [2.45, 2.75) is 18.8 Å². The van der Waals surface area contributed by atoms with Gasteiger partial charge in [-0.05, 0) is 45.1 Å². The Labute approximate surface area is 117 Å². The zero-order valence-electron chi connectivity index (χ0n) is 11.6. The molecule has 20 heavy (non-hydrogen) atoms. The fraction of sp³-hybridized carbons (Fsp3) is 0.400. The van der Waals surface area contributed by atoms with Gasteiger partial charge >= 0.3 is 0 Å². The molecule has 1 aliphatic rings. The van der Waals surface area contributed by atoms with Crippen molar-refractivity contribution in [1.82, 2.24) is 4.90 Å². The Kier molecular flexibility index (Phi) is 3.14. The Morgan fingerprint density at radius 1 is 1.25 bits per heavy atom. The summed E-state index contributed by atoms with van der Waals surface area (Å²) in [5.41, 5.74) is 12.9. The van der Waals surface area contributed by atoms with Gasteiger partial charge in [-0.15, -0.1) is 0 Å². The summed E-state index contributed by atoms with van der Waals surface area (Å²) >= 11 is 0. The molecule has 3 rings (SSSR count). The van der Waals surface area contributed by atoms with Gasteiger partial charge in [0.05, 0.1) is 16.8 Å². The largest absolute Gasteiger partial charge is 0.458 e. The lowest BCUT2D eigenvalue weighted by Crippen LogP contribution is -2.29. The van der Waals surface area contributed by atoms with E-state index < -0.39 is 0 Å². The second kappa shape index (κ2) is 4.83. The Bertz CT molecular complexity index is 700. The fourth-order valence-corrected chi connectivity index (χ4v) is 2.77. The summed E-state index contributed by atoms with van der Waals surface area (Å²) in [4.78, 5) is 14.5. The van der Waals surface area contributed by atoms with Crippen molar-refractivity contribution in [1.29, 1.82) is 0 Å². The first-order valence-corrected chi connectivity index (χ1v) is 6.86. The number of nitrogen functional groups attached to an aromatic ring is 2. The highest BCUT2D eigenvalue weighted by Crippen LogP contribution is 2.31. The van der Waals surface area contributed by atoms with E-state index in [0.717, 1.165) is 31.7 Å². The SMILES string of the molecule is CN1CCC(c2cc(=O)c3ccc(N)c(N)c3o2)CC1. The van der Waals surface area contributed by atoms with E-state index in [-0.39, 0.29) is 11.3 Å². The molecular weight excluding hydrogens is 254 g/mol. The number of piperidine rings is 1. The van der Waals surface area contributed by atoms with E-state index in [2.05, 4.69) is 11.9 Å². The third-order valence-corrected chi connectivity index (χ3v) is 4.11. The Balaban J connectivity index is 2.09. The summed E-state index contributed by atoms with van der Waals surface area (Å²) in [6, 6.07) is 4.92. The third kappa shape index (κ3) is 2.14. The van der Waals surface area contributed by atoms with Crippen LogP contribution < -0.4 is 16.9 Å². The van der Waals surface area contributed by atoms with Gasteiger partial charge < -0.3 is 20.8 Å². The van der Waals surface area contributed by atoms with Crippen LogP contribution in [0.1, 0.15) is 24.5 Å². The predicted molar refractivity (Wildman–Crippen MR) is 80.8 cm³/mol. The van der Waals surface area contributed by atoms with Crippen LogP contribution in [0.3, 0.4) is 0 Å². The molecule has 1 aliphatic heterocycles. The lowest BCUT2D eigenvalue weighted by Gasteiger charge is -2.28. The van der Waals surface area contributed by atoms with Crippen LogP contribution in [0.2, 0.25) is 0 Å². The van der Waals surface area contributed by atoms with E-state index in [1.54, 1.807) is 18.2 Å². The molecule has 4 N–H and O–H groups in total. The minimum atomic E-state index is -0.0492. The van der Waals surface area contributed by atoms with Crippen molar-refractivity contribution >= 4 is 22.3 Å². The third-order valence-electron chi connectivity index (χ3n) is 4.11. The van der Waals surface area contributed by atoms with Gasteiger partial charge in [-0.2, -0.15) is 0 Å². The minimum Gasteiger partial charge on any atom is -0.458 e. The van der Waals surface area contributed by atoms with Crippen LogP contribution >= 0.6 is 0 Å². The minimum absolute atomic E-state index is 0.0492. The molecule has 0 atom stereocenters. The summed E-state index contributed by atoms with van der Waals surface area (Å²) < 4.78 is 5.91. The molecule has 0 spiro atoms. The van der Waals surface area contributed by atoms with Gasteiger partial charge in [0, 0.05) is 12.0 Å². The molecule has 5 nitrogen and oxygen atoms in total. The zero-order chi connectivity index (χ0) is 14.3. The average Bonchev–Trinajstić information content (AvgIpc) is 2.44. The molecule has 1 fully saturated rings. The molecule has 2 aromatic rings. The summed E-state index contributed by atoms with van der Waals surface area (Å²) in [6.45, 7) is 2.03. The quantitative estimate of drug-likeness (QED) is 0.773. The zero-order valence-corrected chi connectivity index (χ0v) is 11.6. The number of rotatable bonds is 1. The van der Waals surface area contributed by atoms with Gasteiger partial charge in [-0.25, -0.2) is 0 Å². The maximum atomic E-state index is 12.2. The molecule has 0 aliphatic carbocycles. The molecular formula is C15H19N3O2. The van der Waals surface area contributed by atoms with Crippen LogP contribution in [0.15, 0.2) is 27.4 Å². The summed E-state index contributed by atoms with van der Waals surface area (Å²) in [5.74, 6) is 1.01. The van der Waals surface area contributed by atoms with Crippen molar-refractivity contribution in [2.24, 2.45) is 0 Å². The average molecular weight is 273 g/mol. The highest BCUT2D eigenvalue weighted by atomic mass is 16.3. The monoisotopic (exact) mass is 273 g/mol. The first kappa shape index (κ1) is 13.0. The Morgan fingerprint density at radius 2 is 1.95 bits per heavy atom. The van der Waals surface area contributed by atoms with E-state index in [4.69, 9.17) is 15.9 Å². The van der Waals surface area contributed by atoms with Gasteiger partial charge in [0.1, 0.15) is 5.76 Å². The van der Waals surface area contributed by atoms with Gasteiger partial charge in [-0.1, -0.05) is 0 Å². The Morgan fingerprint density at radius 3 is 2.65 bits per heavy atom. The molecule has 2 heterocycles. The van der Waals surface area contributed by atoms with Crippen molar-refractivity contribution in [3.8, 4) is 0 Å². The second-order valence-electron chi connectivity index (χ2n) is 5.54. The Hall–Kier alpha value is -2.01. The maximum Gasteiger partial charge on any atom is 0.193 e. The van der Waals surface area contributed by atoms with E-state index >= 15 is 0 Å². The van der Waals surface area contributed by atoms with Gasteiger partial charge in [-0.3, -0.25) is 4.79 Å². The highest BCUT2D eigenvalue weighted by molar-refractivity contribution is 5.93. The van der Waals surface area contributed by atoms with E-state index in [1.807, 2.05) is 0 Å². The van der Waals surface area contributed by atoms with Gasteiger partial charge in [0.15, 0.2) is 11.0 Å². The van der Waals surface area contributed by atoms with E-state index in [9.17, 15) is 4.79 Å². The van der Waals surface area contributed by atoms with Crippen LogP contribution in [0.4, 0.5) is 11.4 Å². The number of anilines is 2. The van der Waals surface area contributed by atoms with Crippen LogP contribution in [-0.4, -0.2) is 25.0 Å². The number of likely N-dealkylation sites (tertiary alicyclic amines) is 1. The van der Waals surface area contributed by atoms with Crippen molar-refractivity contribution in [3.05, 3.63) is 34.2 Å². The molecule has 0 bridgehead atoms. The van der Waals surface area contributed by atoms with Crippen molar-refractivity contribution in [3.63, 3.8) is 0 Å². The van der Waals surface area contributed by atoms with Crippen LogP contribution in [-0.2, 0) is 0 Å². The molecule has 0 saturated carbocycles. The molecule has 1 aromatic heterocycles. The van der Waals surface area contributed by atoms with Crippen LogP contribution in [0.5, 0.6) is 0 Å². The molecule has 0 amide bonds. The number of nitrogens with two attached hydrogens (primary N) is 2. The molecule has 1 saturated heterocycles. The van der Waals surface area contributed by atoms with Crippen LogP contribution in [0.25, 0.3) is 11.0 Å². The number of benzene rings is 1. The number of hydrogen-bond donors (Lipinski definition) is 2. The predicted octanol–water partition coefficient (Wildman–Crippen LogP) is 1.77. The highest BCUT2D eigenvalue weighted by Gasteiger charge is 2.22. The smallest absolute Gasteiger partial charge is 0.193 e. The molecule has 106 valence electrons. The summed E-state index contributed by atoms with van der Waals surface area (Å²) in [5, 5.41) is 0.494. The molecule has 5 heteroatoms. The van der Waals surface area contributed by atoms with Gasteiger partial charge in [0.25, 0.3) is 0 Å². The topological polar surface area (TPSA) is 85.5 Å². The number of nitrogens with zero attached hydrogens (tertiary/aromatic N) is 1. The fourth-order valence-electron chi connectivity index (χ4n) is 2.77. The second-order valence-corrected chi connectivity index (χ2v) is 5.54. The van der Waals surface area contributed by atoms with Crippen LogP contribution in [0, 0.1) is 0 Å². The summed E-state index contributed by atoms with van der Waals surface area (Å²) in [7, 11) is 2.10. The molecule has 0 unspecified atom stereocenters. The number of hydrogen-bond acceptors (Lipinski definition) is 5. The normalized spacial score (nSPS) is 17.6. The first-order chi connectivity index (χ1) is 9.56. The standard InChI is InChI=1S/C15H19N3O2/c1-18-6-4-9(5-7-18)13-8-12(19)10-2-3-11(16)14(17)15(10)20-13/h2-3,8-9H,4-7,16-17H2,1H3. The first-order valence-electron chi connectivity index (χ1n) is 6.86. The lowest BCUT2D eigenvalue weighted by molar-refractivity contribution is 0.241. The lowest BCUT2D eigenvalue weighted by atomic mass is 9.94. The van der Waals surface area contributed by atoms with Crippen molar-refractivity contribution < 1.29 is 4.42 Å². The molecule has 0 radical (unpaired) electrons. The van der Waals surface area contributed by atoms with Crippen molar-refractivity contribution in [2.75, 3.05) is 31.6 Å². The molecule has 1 aromatic carbocycles. The van der Waals surface area contributed by atoms with Gasteiger partial charge in [0.2, 0.25) is 0 Å². The maximum absolute atomic E-state index is 12.2.